The molecule has 0 saturated heterocycles. The predicted octanol–water partition coefficient (Wildman–Crippen LogP) is 2.93. The Kier molecular flexibility index (Phi) is 5.25. The van der Waals surface area contributed by atoms with Crippen molar-refractivity contribution >= 4 is 17.4 Å². The van der Waals surface area contributed by atoms with Gasteiger partial charge in [-0.25, -0.2) is 0 Å². The van der Waals surface area contributed by atoms with Gasteiger partial charge in [0.15, 0.2) is 17.3 Å². The van der Waals surface area contributed by atoms with Crippen molar-refractivity contribution in [2.75, 3.05) is 13.3 Å². The van der Waals surface area contributed by atoms with Gasteiger partial charge >= 0.3 is 0 Å². The summed E-state index contributed by atoms with van der Waals surface area (Å²) in [6, 6.07) is 12.2. The van der Waals surface area contributed by atoms with E-state index in [1.165, 1.54) is 0 Å². The summed E-state index contributed by atoms with van der Waals surface area (Å²) in [7, 11) is 0. The Morgan fingerprint density at radius 3 is 2.55 bits per heavy atom. The van der Waals surface area contributed by atoms with Crippen LogP contribution in [-0.4, -0.2) is 31.1 Å². The molecular weight excluding hydrogens is 368 g/mol. The van der Waals surface area contributed by atoms with E-state index in [1.54, 1.807) is 30.3 Å². The van der Waals surface area contributed by atoms with Gasteiger partial charge in [-0.3, -0.25) is 9.59 Å². The standard InChI is InChI=1S/C23H24N2O4/c1-14(2)22(25-23(27)15-6-4-3-5-7-15)19(26)12-18-17-11-21-20(28-13-29-21)10-16(17)8-9-24-18/h3-7,10-12,14,22,24H,8-9,13H2,1-2H3,(H,25,27). The van der Waals surface area contributed by atoms with Crippen molar-refractivity contribution in [1.82, 2.24) is 10.6 Å². The van der Waals surface area contributed by atoms with Gasteiger partial charge in [0.25, 0.3) is 5.91 Å². The molecule has 4 rings (SSSR count). The number of ether oxygens (including phenoxy) is 2. The average Bonchev–Trinajstić information content (AvgIpc) is 3.18. The third-order valence-corrected chi connectivity index (χ3v) is 5.18. The van der Waals surface area contributed by atoms with Crippen LogP contribution in [0.1, 0.15) is 35.3 Å². The van der Waals surface area contributed by atoms with Crippen LogP contribution < -0.4 is 20.1 Å². The first-order valence-corrected chi connectivity index (χ1v) is 9.81. The van der Waals surface area contributed by atoms with Crippen molar-refractivity contribution in [3.63, 3.8) is 0 Å². The van der Waals surface area contributed by atoms with E-state index in [1.807, 2.05) is 32.0 Å². The lowest BCUT2D eigenvalue weighted by Crippen LogP contribution is -2.44. The smallest absolute Gasteiger partial charge is 0.251 e. The van der Waals surface area contributed by atoms with Gasteiger partial charge < -0.3 is 20.1 Å². The second kappa shape index (κ2) is 7.99. The minimum Gasteiger partial charge on any atom is -0.454 e. The minimum atomic E-state index is -0.614. The average molecular weight is 392 g/mol. The number of ketones is 1. The molecule has 0 fully saturated rings. The summed E-state index contributed by atoms with van der Waals surface area (Å²) in [5, 5.41) is 6.19. The topological polar surface area (TPSA) is 76.7 Å². The van der Waals surface area contributed by atoms with Crippen molar-refractivity contribution in [3.05, 3.63) is 65.2 Å². The van der Waals surface area contributed by atoms with Gasteiger partial charge in [0.1, 0.15) is 0 Å². The Morgan fingerprint density at radius 1 is 1.10 bits per heavy atom. The van der Waals surface area contributed by atoms with Gasteiger partial charge in [-0.2, -0.15) is 0 Å². The van der Waals surface area contributed by atoms with Crippen LogP contribution >= 0.6 is 0 Å². The number of nitrogens with one attached hydrogen (secondary N) is 2. The van der Waals surface area contributed by atoms with Gasteiger partial charge in [-0.05, 0) is 42.2 Å². The second-order valence-electron chi connectivity index (χ2n) is 7.56. The minimum absolute atomic E-state index is 0.0492. The van der Waals surface area contributed by atoms with Gasteiger partial charge in [-0.1, -0.05) is 32.0 Å². The van der Waals surface area contributed by atoms with Crippen LogP contribution in [-0.2, 0) is 11.2 Å². The molecule has 2 aromatic carbocycles. The molecule has 2 aliphatic heterocycles. The SMILES string of the molecule is CC(C)C(NC(=O)c1ccccc1)C(=O)C=C1NCCc2cc3c(cc21)OCO3. The normalized spacial score (nSPS) is 16.9. The number of amides is 1. The first-order chi connectivity index (χ1) is 14.0. The van der Waals surface area contributed by atoms with Gasteiger partial charge in [0, 0.05) is 29.4 Å². The summed E-state index contributed by atoms with van der Waals surface area (Å²) in [5.74, 6) is 0.982. The molecule has 150 valence electrons. The van der Waals surface area contributed by atoms with Crippen LogP contribution in [0, 0.1) is 5.92 Å². The molecule has 1 atom stereocenters. The fourth-order valence-electron chi connectivity index (χ4n) is 3.61. The fourth-order valence-corrected chi connectivity index (χ4v) is 3.61. The van der Waals surface area contributed by atoms with E-state index in [-0.39, 0.29) is 24.4 Å². The third kappa shape index (κ3) is 3.97. The molecule has 2 aliphatic rings. The highest BCUT2D eigenvalue weighted by molar-refractivity contribution is 6.04. The largest absolute Gasteiger partial charge is 0.454 e. The van der Waals surface area contributed by atoms with Crippen molar-refractivity contribution in [2.24, 2.45) is 5.92 Å². The number of benzene rings is 2. The van der Waals surface area contributed by atoms with Crippen LogP contribution in [0.4, 0.5) is 0 Å². The Bertz CT molecular complexity index is 966. The molecule has 29 heavy (non-hydrogen) atoms. The molecule has 1 amide bonds. The van der Waals surface area contributed by atoms with E-state index in [4.69, 9.17) is 9.47 Å². The van der Waals surface area contributed by atoms with Crippen LogP contribution in [0.15, 0.2) is 48.5 Å². The van der Waals surface area contributed by atoms with E-state index >= 15 is 0 Å². The Labute approximate surface area is 169 Å². The van der Waals surface area contributed by atoms with Crippen LogP contribution in [0.2, 0.25) is 0 Å². The lowest BCUT2D eigenvalue weighted by molar-refractivity contribution is -0.117. The number of carbonyl (C=O) groups excluding carboxylic acids is 2. The molecule has 0 aliphatic carbocycles. The number of hydrogen-bond donors (Lipinski definition) is 2. The zero-order valence-electron chi connectivity index (χ0n) is 16.5. The molecule has 2 aromatic rings. The highest BCUT2D eigenvalue weighted by atomic mass is 16.7. The summed E-state index contributed by atoms with van der Waals surface area (Å²) in [6.45, 7) is 4.79. The van der Waals surface area contributed by atoms with Gasteiger partial charge in [0.2, 0.25) is 6.79 Å². The van der Waals surface area contributed by atoms with E-state index in [0.29, 0.717) is 11.3 Å². The summed E-state index contributed by atoms with van der Waals surface area (Å²) >= 11 is 0. The highest BCUT2D eigenvalue weighted by Gasteiger charge is 2.26. The molecular formula is C23H24N2O4. The maximum absolute atomic E-state index is 13.1. The van der Waals surface area contributed by atoms with Crippen molar-refractivity contribution < 1.29 is 19.1 Å². The first kappa shape index (κ1) is 19.1. The zero-order valence-corrected chi connectivity index (χ0v) is 16.5. The van der Waals surface area contributed by atoms with E-state index < -0.39 is 6.04 Å². The van der Waals surface area contributed by atoms with E-state index in [0.717, 1.165) is 35.5 Å². The van der Waals surface area contributed by atoms with Crippen LogP contribution in [0.5, 0.6) is 11.5 Å². The number of hydrogen-bond acceptors (Lipinski definition) is 5. The number of fused-ring (bicyclic) bond motifs is 2. The summed E-state index contributed by atoms with van der Waals surface area (Å²) in [4.78, 5) is 25.6. The summed E-state index contributed by atoms with van der Waals surface area (Å²) in [6.07, 6.45) is 2.44. The van der Waals surface area contributed by atoms with Crippen molar-refractivity contribution in [2.45, 2.75) is 26.3 Å². The lowest BCUT2D eigenvalue weighted by atomic mass is 9.93. The van der Waals surface area contributed by atoms with Crippen LogP contribution in [0.3, 0.4) is 0 Å². The van der Waals surface area contributed by atoms with Gasteiger partial charge in [-0.15, -0.1) is 0 Å². The quantitative estimate of drug-likeness (QED) is 0.765. The van der Waals surface area contributed by atoms with Gasteiger partial charge in [0.05, 0.1) is 6.04 Å². The lowest BCUT2D eigenvalue weighted by Gasteiger charge is -2.24. The molecule has 1 unspecified atom stereocenters. The Morgan fingerprint density at radius 2 is 1.83 bits per heavy atom. The molecule has 6 nitrogen and oxygen atoms in total. The van der Waals surface area contributed by atoms with E-state index in [2.05, 4.69) is 10.6 Å². The summed E-state index contributed by atoms with van der Waals surface area (Å²) in [5.41, 5.74) is 3.33. The molecule has 2 N–H and O–H groups in total. The van der Waals surface area contributed by atoms with Crippen molar-refractivity contribution in [3.8, 4) is 11.5 Å². The molecule has 0 aromatic heterocycles. The maximum Gasteiger partial charge on any atom is 0.251 e. The molecule has 6 heteroatoms. The zero-order chi connectivity index (χ0) is 20.4. The maximum atomic E-state index is 13.1. The first-order valence-electron chi connectivity index (χ1n) is 9.81. The van der Waals surface area contributed by atoms with E-state index in [9.17, 15) is 9.59 Å². The number of rotatable bonds is 5. The Hall–Kier alpha value is -3.28. The number of carbonyl (C=O) groups is 2. The second-order valence-corrected chi connectivity index (χ2v) is 7.56. The van der Waals surface area contributed by atoms with Crippen LogP contribution in [0.25, 0.3) is 5.70 Å². The monoisotopic (exact) mass is 392 g/mol. The fraction of sp³-hybridized carbons (Fsp3) is 0.304. The molecule has 0 saturated carbocycles. The Balaban J connectivity index is 1.58. The summed E-state index contributed by atoms with van der Waals surface area (Å²) < 4.78 is 10.9. The van der Waals surface area contributed by atoms with Crippen molar-refractivity contribution in [1.29, 1.82) is 0 Å². The molecule has 2 heterocycles. The third-order valence-electron chi connectivity index (χ3n) is 5.18. The predicted molar refractivity (Wildman–Crippen MR) is 110 cm³/mol. The highest BCUT2D eigenvalue weighted by Crippen LogP contribution is 2.38. The molecule has 0 spiro atoms. The molecule has 0 radical (unpaired) electrons. The molecule has 0 bridgehead atoms.